The van der Waals surface area contributed by atoms with Gasteiger partial charge in [0.25, 0.3) is 0 Å². The lowest BCUT2D eigenvalue weighted by Gasteiger charge is -2.11. The average Bonchev–Trinajstić information content (AvgIpc) is 2.47. The van der Waals surface area contributed by atoms with Crippen molar-refractivity contribution in [3.63, 3.8) is 0 Å². The number of hydrogen-bond acceptors (Lipinski definition) is 2. The Labute approximate surface area is 72.8 Å². The van der Waals surface area contributed by atoms with Gasteiger partial charge in [0.1, 0.15) is 0 Å². The third kappa shape index (κ3) is 1.86. The van der Waals surface area contributed by atoms with Gasteiger partial charge in [0.15, 0.2) is 0 Å². The van der Waals surface area contributed by atoms with E-state index in [9.17, 15) is 0 Å². The lowest BCUT2D eigenvalue weighted by molar-refractivity contribution is 0.583. The molecule has 0 spiro atoms. The lowest BCUT2D eigenvalue weighted by atomic mass is 10.2. The van der Waals surface area contributed by atoms with Crippen molar-refractivity contribution < 1.29 is 0 Å². The third-order valence-electron chi connectivity index (χ3n) is 1.81. The largest absolute Gasteiger partial charge is 0.336 e. The molecule has 0 amide bonds. The van der Waals surface area contributed by atoms with Crippen LogP contribution in [-0.4, -0.2) is 16.1 Å². The predicted molar refractivity (Wildman–Crippen MR) is 48.5 cm³/mol. The molecular weight excluding hydrogens is 150 g/mol. The van der Waals surface area contributed by atoms with Gasteiger partial charge in [-0.25, -0.2) is 4.98 Å². The van der Waals surface area contributed by atoms with E-state index in [1.807, 2.05) is 17.8 Å². The molecule has 64 valence electrons. The van der Waals surface area contributed by atoms with Gasteiger partial charge in [0.05, 0.1) is 18.6 Å². The van der Waals surface area contributed by atoms with E-state index < -0.39 is 0 Å². The highest BCUT2D eigenvalue weighted by Crippen LogP contribution is 2.08. The highest BCUT2D eigenvalue weighted by molar-refractivity contribution is 5.04. The van der Waals surface area contributed by atoms with Crippen molar-refractivity contribution in [2.24, 2.45) is 7.05 Å². The topological polar surface area (TPSA) is 29.9 Å². The van der Waals surface area contributed by atoms with Crippen molar-refractivity contribution >= 4 is 0 Å². The fourth-order valence-corrected chi connectivity index (χ4v) is 1.10. The van der Waals surface area contributed by atoms with E-state index in [0.29, 0.717) is 6.54 Å². The van der Waals surface area contributed by atoms with Gasteiger partial charge in [-0.05, 0) is 6.92 Å². The van der Waals surface area contributed by atoms with Gasteiger partial charge in [-0.3, -0.25) is 5.32 Å². The first-order valence-corrected chi connectivity index (χ1v) is 3.88. The highest BCUT2D eigenvalue weighted by atomic mass is 15.1. The summed E-state index contributed by atoms with van der Waals surface area (Å²) in [6.07, 6.45) is 8.76. The first kappa shape index (κ1) is 8.82. The number of aryl methyl sites for hydroxylation is 1. The summed E-state index contributed by atoms with van der Waals surface area (Å²) in [5, 5.41) is 3.18. The van der Waals surface area contributed by atoms with Gasteiger partial charge in [-0.2, -0.15) is 0 Å². The zero-order valence-electron chi connectivity index (χ0n) is 7.41. The normalized spacial score (nSPS) is 12.4. The van der Waals surface area contributed by atoms with E-state index in [2.05, 4.69) is 23.1 Å². The van der Waals surface area contributed by atoms with Crippen LogP contribution in [0.5, 0.6) is 0 Å². The van der Waals surface area contributed by atoms with Crippen LogP contribution >= 0.6 is 0 Å². The standard InChI is InChI=1S/C9H13N3/c1-4-5-11-8(2)9-6-10-7-12(9)3/h1,6-8,11H,5H2,2-3H3. The minimum absolute atomic E-state index is 0.258. The minimum atomic E-state index is 0.258. The molecule has 0 aliphatic rings. The molecule has 1 heterocycles. The molecule has 0 aliphatic heterocycles. The van der Waals surface area contributed by atoms with E-state index in [4.69, 9.17) is 6.42 Å². The van der Waals surface area contributed by atoms with Crippen molar-refractivity contribution in [1.29, 1.82) is 0 Å². The SMILES string of the molecule is C#CCNC(C)c1cncn1C. The quantitative estimate of drug-likeness (QED) is 0.665. The second kappa shape index (κ2) is 3.93. The number of rotatable bonds is 3. The van der Waals surface area contributed by atoms with Crippen molar-refractivity contribution in [2.45, 2.75) is 13.0 Å². The second-order valence-corrected chi connectivity index (χ2v) is 2.74. The molecule has 3 nitrogen and oxygen atoms in total. The number of terminal acetylenes is 1. The zero-order valence-corrected chi connectivity index (χ0v) is 7.41. The Morgan fingerprint density at radius 1 is 1.83 bits per heavy atom. The number of nitrogens with zero attached hydrogens (tertiary/aromatic N) is 2. The van der Waals surface area contributed by atoms with Crippen LogP contribution in [-0.2, 0) is 7.05 Å². The third-order valence-corrected chi connectivity index (χ3v) is 1.81. The van der Waals surface area contributed by atoms with Crippen molar-refractivity contribution in [1.82, 2.24) is 14.9 Å². The maximum Gasteiger partial charge on any atom is 0.0946 e. The summed E-state index contributed by atoms with van der Waals surface area (Å²) in [7, 11) is 1.97. The van der Waals surface area contributed by atoms with Gasteiger partial charge in [0, 0.05) is 19.3 Å². The fraction of sp³-hybridized carbons (Fsp3) is 0.444. The molecule has 0 saturated carbocycles. The van der Waals surface area contributed by atoms with Crippen molar-refractivity contribution in [3.8, 4) is 12.3 Å². The van der Waals surface area contributed by atoms with Crippen LogP contribution in [0.4, 0.5) is 0 Å². The van der Waals surface area contributed by atoms with E-state index in [1.165, 1.54) is 0 Å². The first-order chi connectivity index (χ1) is 5.75. The number of hydrogen-bond donors (Lipinski definition) is 1. The molecule has 1 aromatic rings. The van der Waals surface area contributed by atoms with Crippen LogP contribution in [0.25, 0.3) is 0 Å². The van der Waals surface area contributed by atoms with Crippen molar-refractivity contribution in [3.05, 3.63) is 18.2 Å². The molecule has 1 atom stereocenters. The molecule has 1 unspecified atom stereocenters. The van der Waals surface area contributed by atoms with Gasteiger partial charge in [-0.15, -0.1) is 6.42 Å². The molecule has 1 N–H and O–H groups in total. The van der Waals surface area contributed by atoms with Crippen LogP contribution in [0, 0.1) is 12.3 Å². The summed E-state index contributed by atoms with van der Waals surface area (Å²) >= 11 is 0. The predicted octanol–water partition coefficient (Wildman–Crippen LogP) is 0.704. The Hall–Kier alpha value is -1.27. The van der Waals surface area contributed by atoms with Gasteiger partial charge < -0.3 is 4.57 Å². The Morgan fingerprint density at radius 3 is 3.08 bits per heavy atom. The Bertz CT molecular complexity index is 282. The first-order valence-electron chi connectivity index (χ1n) is 3.88. The van der Waals surface area contributed by atoms with Crippen LogP contribution in [0.3, 0.4) is 0 Å². The molecule has 3 heteroatoms. The monoisotopic (exact) mass is 163 g/mol. The van der Waals surface area contributed by atoms with E-state index >= 15 is 0 Å². The smallest absolute Gasteiger partial charge is 0.0946 e. The Kier molecular flexibility index (Phi) is 2.89. The van der Waals surface area contributed by atoms with Crippen LogP contribution in [0.2, 0.25) is 0 Å². The Morgan fingerprint density at radius 2 is 2.58 bits per heavy atom. The van der Waals surface area contributed by atoms with Gasteiger partial charge in [-0.1, -0.05) is 5.92 Å². The maximum atomic E-state index is 5.13. The number of aromatic nitrogens is 2. The summed E-state index contributed by atoms with van der Waals surface area (Å²) in [4.78, 5) is 4.02. The molecule has 0 aromatic carbocycles. The molecule has 0 aliphatic carbocycles. The number of nitrogens with one attached hydrogen (secondary N) is 1. The number of imidazole rings is 1. The molecule has 1 rings (SSSR count). The fourth-order valence-electron chi connectivity index (χ4n) is 1.10. The molecule has 0 bridgehead atoms. The molecule has 1 aromatic heterocycles. The maximum absolute atomic E-state index is 5.13. The van der Waals surface area contributed by atoms with E-state index in [1.54, 1.807) is 6.33 Å². The molecule has 12 heavy (non-hydrogen) atoms. The molecule has 0 fully saturated rings. The summed E-state index contributed by atoms with van der Waals surface area (Å²) < 4.78 is 1.98. The summed E-state index contributed by atoms with van der Waals surface area (Å²) in [6.45, 7) is 2.65. The molecule has 0 saturated heterocycles. The lowest BCUT2D eigenvalue weighted by Crippen LogP contribution is -2.20. The van der Waals surface area contributed by atoms with Crippen LogP contribution < -0.4 is 5.32 Å². The van der Waals surface area contributed by atoms with Crippen molar-refractivity contribution in [2.75, 3.05) is 6.54 Å². The van der Waals surface area contributed by atoms with E-state index in [-0.39, 0.29) is 6.04 Å². The average molecular weight is 163 g/mol. The second-order valence-electron chi connectivity index (χ2n) is 2.74. The minimum Gasteiger partial charge on any atom is -0.336 e. The van der Waals surface area contributed by atoms with Gasteiger partial charge in [0.2, 0.25) is 0 Å². The summed E-state index contributed by atoms with van der Waals surface area (Å²) in [5.41, 5.74) is 1.14. The summed E-state index contributed by atoms with van der Waals surface area (Å²) in [6, 6.07) is 0.258. The zero-order chi connectivity index (χ0) is 8.97. The molecular formula is C9H13N3. The highest BCUT2D eigenvalue weighted by Gasteiger charge is 2.06. The Balaban J connectivity index is 2.60. The van der Waals surface area contributed by atoms with E-state index in [0.717, 1.165) is 5.69 Å². The van der Waals surface area contributed by atoms with Crippen LogP contribution in [0.1, 0.15) is 18.7 Å². The van der Waals surface area contributed by atoms with Crippen LogP contribution in [0.15, 0.2) is 12.5 Å². The molecule has 0 radical (unpaired) electrons. The van der Waals surface area contributed by atoms with Gasteiger partial charge >= 0.3 is 0 Å². The summed E-state index contributed by atoms with van der Waals surface area (Å²) in [5.74, 6) is 2.54.